The van der Waals surface area contributed by atoms with Crippen LogP contribution < -0.4 is 4.90 Å². The van der Waals surface area contributed by atoms with E-state index in [1.807, 2.05) is 24.3 Å². The molecule has 0 aromatic heterocycles. The zero-order valence-electron chi connectivity index (χ0n) is 15.9. The highest BCUT2D eigenvalue weighted by atomic mass is 35.5. The van der Waals surface area contributed by atoms with Gasteiger partial charge in [-0.15, -0.1) is 0 Å². The minimum Gasteiger partial charge on any atom is -0.369 e. The second-order valence-corrected chi connectivity index (χ2v) is 11.2. The number of ketones is 1. The lowest BCUT2D eigenvalue weighted by atomic mass is 9.70. The van der Waals surface area contributed by atoms with E-state index < -0.39 is 15.4 Å². The van der Waals surface area contributed by atoms with E-state index in [2.05, 4.69) is 18.7 Å². The first-order valence-electron chi connectivity index (χ1n) is 9.67. The van der Waals surface area contributed by atoms with Crippen LogP contribution in [0.15, 0.2) is 24.3 Å². The zero-order chi connectivity index (χ0) is 19.4. The number of hydrogen-bond acceptors (Lipinski definition) is 4. The summed E-state index contributed by atoms with van der Waals surface area (Å²) in [5.41, 5.74) is 0.146. The van der Waals surface area contributed by atoms with Crippen molar-refractivity contribution < 1.29 is 13.2 Å². The van der Waals surface area contributed by atoms with Crippen molar-refractivity contribution in [2.75, 3.05) is 36.8 Å². The number of carbonyl (C=O) groups excluding carboxylic acids is 1. The maximum absolute atomic E-state index is 13.2. The van der Waals surface area contributed by atoms with Crippen LogP contribution in [0.4, 0.5) is 5.69 Å². The van der Waals surface area contributed by atoms with Crippen LogP contribution in [-0.4, -0.2) is 50.4 Å². The Morgan fingerprint density at radius 3 is 2.26 bits per heavy atom. The molecular formula is C20H27ClN2O3S. The van der Waals surface area contributed by atoms with Gasteiger partial charge in [0, 0.05) is 48.7 Å². The van der Waals surface area contributed by atoms with Crippen molar-refractivity contribution in [3.8, 4) is 0 Å². The van der Waals surface area contributed by atoms with Gasteiger partial charge in [0.1, 0.15) is 5.78 Å². The average molecular weight is 411 g/mol. The van der Waals surface area contributed by atoms with Crippen LogP contribution in [0.25, 0.3) is 0 Å². The Bertz CT molecular complexity index is 844. The molecule has 5 nitrogen and oxygen atoms in total. The second-order valence-electron chi connectivity index (χ2n) is 8.79. The molecule has 3 aliphatic rings. The van der Waals surface area contributed by atoms with Gasteiger partial charge in [0.05, 0.1) is 5.75 Å². The highest BCUT2D eigenvalue weighted by Gasteiger charge is 2.65. The Kier molecular flexibility index (Phi) is 4.60. The molecule has 1 unspecified atom stereocenters. The second kappa shape index (κ2) is 6.46. The largest absolute Gasteiger partial charge is 0.369 e. The fourth-order valence-electron chi connectivity index (χ4n) is 5.39. The van der Waals surface area contributed by atoms with Crippen molar-refractivity contribution in [3.63, 3.8) is 0 Å². The van der Waals surface area contributed by atoms with Gasteiger partial charge in [0.2, 0.25) is 10.0 Å². The first-order chi connectivity index (χ1) is 12.7. The number of nitrogens with zero attached hydrogens (tertiary/aromatic N) is 2. The van der Waals surface area contributed by atoms with Crippen molar-refractivity contribution in [2.45, 2.75) is 33.1 Å². The fourth-order valence-corrected chi connectivity index (χ4v) is 7.72. The summed E-state index contributed by atoms with van der Waals surface area (Å²) < 4.78 is 28.0. The average Bonchev–Trinajstić information content (AvgIpc) is 2.96. The SMILES string of the molecule is CC1(C)[C@H]2CCC1(CS(=O)(=O)N1CCN(c3ccc(Cl)cc3)CC1)C(=O)C2. The maximum atomic E-state index is 13.2. The van der Waals surface area contributed by atoms with Gasteiger partial charge in [-0.25, -0.2) is 8.42 Å². The fraction of sp³-hybridized carbons (Fsp3) is 0.650. The summed E-state index contributed by atoms with van der Waals surface area (Å²) in [6.07, 6.45) is 2.24. The summed E-state index contributed by atoms with van der Waals surface area (Å²) in [5, 5.41) is 0.693. The molecule has 7 heteroatoms. The van der Waals surface area contributed by atoms with Crippen molar-refractivity contribution in [2.24, 2.45) is 16.7 Å². The molecule has 0 N–H and O–H groups in total. The van der Waals surface area contributed by atoms with E-state index in [4.69, 9.17) is 11.6 Å². The van der Waals surface area contributed by atoms with Gasteiger partial charge >= 0.3 is 0 Å². The van der Waals surface area contributed by atoms with E-state index in [9.17, 15) is 13.2 Å². The Morgan fingerprint density at radius 2 is 1.74 bits per heavy atom. The van der Waals surface area contributed by atoms with Crippen LogP contribution in [0.5, 0.6) is 0 Å². The van der Waals surface area contributed by atoms with Crippen LogP contribution in [-0.2, 0) is 14.8 Å². The van der Waals surface area contributed by atoms with Crippen LogP contribution in [0, 0.1) is 16.7 Å². The number of benzene rings is 1. The van der Waals surface area contributed by atoms with Gasteiger partial charge in [-0.05, 0) is 48.4 Å². The summed E-state index contributed by atoms with van der Waals surface area (Å²) in [5.74, 6) is 0.470. The molecule has 2 bridgehead atoms. The Morgan fingerprint density at radius 1 is 1.11 bits per heavy atom. The Hall–Kier alpha value is -1.11. The molecule has 2 aliphatic carbocycles. The normalized spacial score (nSPS) is 30.9. The van der Waals surface area contributed by atoms with Crippen molar-refractivity contribution in [1.29, 1.82) is 0 Å². The van der Waals surface area contributed by atoms with Crippen molar-refractivity contribution in [3.05, 3.63) is 29.3 Å². The smallest absolute Gasteiger partial charge is 0.215 e. The first kappa shape index (κ1) is 19.2. The van der Waals surface area contributed by atoms with E-state index in [0.717, 1.165) is 12.1 Å². The summed E-state index contributed by atoms with van der Waals surface area (Å²) in [6.45, 7) is 6.38. The molecule has 1 heterocycles. The number of Topliss-reactive ketones (excluding diaryl/α,β-unsaturated/α-hetero) is 1. The number of fused-ring (bicyclic) bond motifs is 2. The summed E-state index contributed by atoms with van der Waals surface area (Å²) in [6, 6.07) is 7.63. The summed E-state index contributed by atoms with van der Waals surface area (Å²) >= 11 is 5.95. The quantitative estimate of drug-likeness (QED) is 0.764. The molecule has 148 valence electrons. The molecule has 27 heavy (non-hydrogen) atoms. The maximum Gasteiger partial charge on any atom is 0.215 e. The highest BCUT2D eigenvalue weighted by Crippen LogP contribution is 2.64. The topological polar surface area (TPSA) is 57.7 Å². The number of hydrogen-bond donors (Lipinski definition) is 0. The highest BCUT2D eigenvalue weighted by molar-refractivity contribution is 7.89. The summed E-state index contributed by atoms with van der Waals surface area (Å²) in [7, 11) is -3.46. The van der Waals surface area contributed by atoms with Gasteiger partial charge in [0.25, 0.3) is 0 Å². The Balaban J connectivity index is 1.46. The lowest BCUT2D eigenvalue weighted by molar-refractivity contribution is -0.128. The van der Waals surface area contributed by atoms with Gasteiger partial charge < -0.3 is 4.90 Å². The van der Waals surface area contributed by atoms with E-state index in [1.54, 1.807) is 4.31 Å². The molecule has 1 aliphatic heterocycles. The molecule has 0 radical (unpaired) electrons. The van der Waals surface area contributed by atoms with E-state index in [0.29, 0.717) is 50.0 Å². The molecular weight excluding hydrogens is 384 g/mol. The number of rotatable bonds is 4. The number of anilines is 1. The number of piperazine rings is 1. The molecule has 0 amide bonds. The van der Waals surface area contributed by atoms with Gasteiger partial charge in [0.15, 0.2) is 0 Å². The third-order valence-electron chi connectivity index (χ3n) is 7.39. The molecule has 3 fully saturated rings. The van der Waals surface area contributed by atoms with Crippen LogP contribution in [0.3, 0.4) is 0 Å². The van der Waals surface area contributed by atoms with Crippen LogP contribution >= 0.6 is 11.6 Å². The number of sulfonamides is 1. The van der Waals surface area contributed by atoms with Gasteiger partial charge in [-0.1, -0.05) is 25.4 Å². The monoisotopic (exact) mass is 410 g/mol. The van der Waals surface area contributed by atoms with Gasteiger partial charge in [-0.3, -0.25) is 4.79 Å². The van der Waals surface area contributed by atoms with E-state index >= 15 is 0 Å². The Labute approximate surface area is 166 Å². The lowest BCUT2D eigenvalue weighted by Gasteiger charge is -2.40. The third-order valence-corrected chi connectivity index (χ3v) is 9.65. The van der Waals surface area contributed by atoms with Crippen molar-refractivity contribution >= 4 is 33.1 Å². The zero-order valence-corrected chi connectivity index (χ0v) is 17.5. The molecule has 0 spiro atoms. The van der Waals surface area contributed by atoms with Crippen molar-refractivity contribution in [1.82, 2.24) is 4.31 Å². The van der Waals surface area contributed by atoms with Crippen LogP contribution in [0.1, 0.15) is 33.1 Å². The minimum absolute atomic E-state index is 0.0245. The number of halogens is 1. The molecule has 2 atom stereocenters. The summed E-state index contributed by atoms with van der Waals surface area (Å²) in [4.78, 5) is 14.9. The molecule has 1 aromatic carbocycles. The molecule has 2 saturated carbocycles. The van der Waals surface area contributed by atoms with E-state index in [-0.39, 0.29) is 17.0 Å². The number of carbonyl (C=O) groups is 1. The third kappa shape index (κ3) is 3.00. The predicted molar refractivity (Wildman–Crippen MR) is 108 cm³/mol. The lowest BCUT2D eigenvalue weighted by Crippen LogP contribution is -2.52. The van der Waals surface area contributed by atoms with Crippen LogP contribution in [0.2, 0.25) is 5.02 Å². The molecule has 1 saturated heterocycles. The molecule has 1 aromatic rings. The predicted octanol–water partition coefficient (Wildman–Crippen LogP) is 3.19. The van der Waals surface area contributed by atoms with E-state index in [1.165, 1.54) is 0 Å². The minimum atomic E-state index is -3.46. The molecule has 4 rings (SSSR count). The standard InChI is InChI=1S/C20H27ClN2O3S/c1-19(2)15-7-8-20(19,18(24)13-15)14-27(25,26)23-11-9-22(10-12-23)17-5-3-16(21)4-6-17/h3-6,15H,7-14H2,1-2H3/t15-,20?/m0/s1. The van der Waals surface area contributed by atoms with Gasteiger partial charge in [-0.2, -0.15) is 4.31 Å². The first-order valence-corrected chi connectivity index (χ1v) is 11.7.